The maximum Gasteiger partial charge on any atom is 0.124 e. The molecule has 0 radical (unpaired) electrons. The molecule has 0 spiro atoms. The summed E-state index contributed by atoms with van der Waals surface area (Å²) < 4.78 is 0. The molecule has 0 unspecified atom stereocenters. The number of benzene rings is 5. The van der Waals surface area contributed by atoms with Crippen molar-refractivity contribution >= 4 is 43.1 Å². The highest BCUT2D eigenvalue weighted by Gasteiger charge is 2.11. The maximum absolute atomic E-state index is 10.7. The molecule has 0 aromatic heterocycles. The van der Waals surface area contributed by atoms with Crippen LogP contribution in [0.25, 0.3) is 43.1 Å². The van der Waals surface area contributed by atoms with Gasteiger partial charge < -0.3 is 5.11 Å². The Morgan fingerprint density at radius 2 is 1.09 bits per heavy atom. The van der Waals surface area contributed by atoms with Crippen LogP contribution in [0.5, 0.6) is 5.75 Å². The molecule has 0 atom stereocenters. The summed E-state index contributed by atoms with van der Waals surface area (Å²) in [5.41, 5.74) is 0. The minimum atomic E-state index is 0.348. The Bertz CT molecular complexity index is 1220. The largest absolute Gasteiger partial charge is 0.507 e. The van der Waals surface area contributed by atoms with Crippen molar-refractivity contribution in [3.05, 3.63) is 78.9 Å². The van der Waals surface area contributed by atoms with Crippen LogP contribution in [0.4, 0.5) is 0 Å². The first-order chi connectivity index (χ1) is 11.3. The summed E-state index contributed by atoms with van der Waals surface area (Å²) in [6.07, 6.45) is 0. The number of hydrogen-bond acceptors (Lipinski definition) is 1. The minimum Gasteiger partial charge on any atom is -0.507 e. The van der Waals surface area contributed by atoms with E-state index in [1.54, 1.807) is 0 Å². The van der Waals surface area contributed by atoms with E-state index in [9.17, 15) is 5.11 Å². The Labute approximate surface area is 133 Å². The molecule has 5 rings (SSSR count). The Morgan fingerprint density at radius 3 is 1.87 bits per heavy atom. The van der Waals surface area contributed by atoms with Crippen molar-refractivity contribution in [3.63, 3.8) is 0 Å². The van der Waals surface area contributed by atoms with E-state index in [2.05, 4.69) is 48.5 Å². The van der Waals surface area contributed by atoms with Gasteiger partial charge in [-0.2, -0.15) is 0 Å². The van der Waals surface area contributed by atoms with Gasteiger partial charge in [-0.25, -0.2) is 0 Å². The van der Waals surface area contributed by atoms with Crippen molar-refractivity contribution in [2.75, 3.05) is 0 Å². The summed E-state index contributed by atoms with van der Waals surface area (Å²) in [4.78, 5) is 0. The molecule has 0 fully saturated rings. The lowest BCUT2D eigenvalue weighted by Crippen LogP contribution is -1.83. The molecule has 0 aliphatic carbocycles. The van der Waals surface area contributed by atoms with Crippen LogP contribution >= 0.6 is 0 Å². The number of phenolic OH excluding ortho intramolecular Hbond substituents is 1. The van der Waals surface area contributed by atoms with Gasteiger partial charge in [-0.15, -0.1) is 0 Å². The summed E-state index contributed by atoms with van der Waals surface area (Å²) >= 11 is 0. The first-order valence-corrected chi connectivity index (χ1v) is 7.78. The Morgan fingerprint density at radius 1 is 0.478 bits per heavy atom. The molecule has 1 heteroatoms. The van der Waals surface area contributed by atoms with Gasteiger partial charge in [0.25, 0.3) is 0 Å². The summed E-state index contributed by atoms with van der Waals surface area (Å²) in [5, 5.41) is 19.7. The highest BCUT2D eigenvalue weighted by molar-refractivity contribution is 6.24. The summed E-state index contributed by atoms with van der Waals surface area (Å²) in [7, 11) is 0. The van der Waals surface area contributed by atoms with Crippen LogP contribution in [0, 0.1) is 0 Å². The van der Waals surface area contributed by atoms with Crippen LogP contribution < -0.4 is 0 Å². The molecule has 0 saturated heterocycles. The monoisotopic (exact) mass is 294 g/mol. The van der Waals surface area contributed by atoms with Crippen molar-refractivity contribution in [1.29, 1.82) is 0 Å². The van der Waals surface area contributed by atoms with Crippen LogP contribution in [0.3, 0.4) is 0 Å². The lowest BCUT2D eigenvalue weighted by Gasteiger charge is -2.11. The summed E-state index contributed by atoms with van der Waals surface area (Å²) in [6.45, 7) is 0. The van der Waals surface area contributed by atoms with Gasteiger partial charge in [0.2, 0.25) is 0 Å². The van der Waals surface area contributed by atoms with Crippen molar-refractivity contribution in [3.8, 4) is 5.75 Å². The quantitative estimate of drug-likeness (QED) is 0.347. The van der Waals surface area contributed by atoms with Crippen LogP contribution in [0.2, 0.25) is 0 Å². The number of fused-ring (bicyclic) bond motifs is 7. The lowest BCUT2D eigenvalue weighted by molar-refractivity contribution is 0.483. The van der Waals surface area contributed by atoms with Gasteiger partial charge in [-0.05, 0) is 43.8 Å². The van der Waals surface area contributed by atoms with Crippen LogP contribution in [0.15, 0.2) is 78.9 Å². The van der Waals surface area contributed by atoms with Crippen molar-refractivity contribution in [2.45, 2.75) is 0 Å². The van der Waals surface area contributed by atoms with E-state index in [1.807, 2.05) is 30.3 Å². The Kier molecular flexibility index (Phi) is 2.42. The van der Waals surface area contributed by atoms with Crippen molar-refractivity contribution < 1.29 is 5.11 Å². The van der Waals surface area contributed by atoms with E-state index in [0.717, 1.165) is 26.9 Å². The number of hydrogen-bond donors (Lipinski definition) is 1. The van der Waals surface area contributed by atoms with E-state index in [-0.39, 0.29) is 0 Å². The van der Waals surface area contributed by atoms with Gasteiger partial charge >= 0.3 is 0 Å². The third-order valence-electron chi connectivity index (χ3n) is 4.73. The molecule has 5 aromatic rings. The third-order valence-corrected chi connectivity index (χ3v) is 4.73. The molecule has 0 heterocycles. The number of aromatic hydroxyl groups is 1. The average Bonchev–Trinajstić information content (AvgIpc) is 2.61. The minimum absolute atomic E-state index is 0.348. The van der Waals surface area contributed by atoms with E-state index < -0.39 is 0 Å². The predicted molar refractivity (Wildman–Crippen MR) is 98.1 cm³/mol. The van der Waals surface area contributed by atoms with E-state index >= 15 is 0 Å². The molecule has 0 aliphatic heterocycles. The highest BCUT2D eigenvalue weighted by Crippen LogP contribution is 2.39. The predicted octanol–water partition coefficient (Wildman–Crippen LogP) is 6.01. The number of rotatable bonds is 0. The maximum atomic E-state index is 10.7. The first-order valence-electron chi connectivity index (χ1n) is 7.78. The van der Waals surface area contributed by atoms with Crippen molar-refractivity contribution in [1.82, 2.24) is 0 Å². The molecule has 0 bridgehead atoms. The standard InChI is InChI=1S/C22H14O/c23-21-13-20-16-7-3-1-5-14(16)9-11-18(20)19-12-10-15-6-2-4-8-17(15)22(19)21/h1-13,23H. The fraction of sp³-hybridized carbons (Fsp3) is 0. The normalized spacial score (nSPS) is 11.7. The molecule has 0 amide bonds. The molecule has 0 saturated carbocycles. The van der Waals surface area contributed by atoms with Gasteiger partial charge in [0.05, 0.1) is 0 Å². The zero-order valence-electron chi connectivity index (χ0n) is 12.5. The zero-order valence-corrected chi connectivity index (χ0v) is 12.5. The lowest BCUT2D eigenvalue weighted by atomic mass is 9.93. The summed E-state index contributed by atoms with van der Waals surface area (Å²) in [6, 6.07) is 27.0. The topological polar surface area (TPSA) is 20.2 Å². The fourth-order valence-electron chi connectivity index (χ4n) is 3.67. The third kappa shape index (κ3) is 1.68. The Hall–Kier alpha value is -3.06. The second kappa shape index (κ2) is 4.47. The fourth-order valence-corrected chi connectivity index (χ4v) is 3.67. The van der Waals surface area contributed by atoms with E-state index in [0.29, 0.717) is 5.75 Å². The second-order valence-corrected chi connectivity index (χ2v) is 5.99. The molecule has 5 aromatic carbocycles. The molecule has 1 N–H and O–H groups in total. The van der Waals surface area contributed by atoms with Gasteiger partial charge in [0, 0.05) is 5.39 Å². The van der Waals surface area contributed by atoms with E-state index in [1.165, 1.54) is 16.2 Å². The molecule has 1 nitrogen and oxygen atoms in total. The van der Waals surface area contributed by atoms with Gasteiger partial charge in [0.1, 0.15) is 5.75 Å². The van der Waals surface area contributed by atoms with Gasteiger partial charge in [-0.1, -0.05) is 72.8 Å². The first kappa shape index (κ1) is 12.5. The second-order valence-electron chi connectivity index (χ2n) is 5.99. The average molecular weight is 294 g/mol. The van der Waals surface area contributed by atoms with Crippen LogP contribution in [-0.4, -0.2) is 5.11 Å². The van der Waals surface area contributed by atoms with Crippen LogP contribution in [0.1, 0.15) is 0 Å². The molecular formula is C22H14O. The molecule has 23 heavy (non-hydrogen) atoms. The van der Waals surface area contributed by atoms with Crippen LogP contribution in [-0.2, 0) is 0 Å². The smallest absolute Gasteiger partial charge is 0.124 e. The van der Waals surface area contributed by atoms with E-state index in [4.69, 9.17) is 0 Å². The molecule has 108 valence electrons. The zero-order chi connectivity index (χ0) is 15.4. The highest BCUT2D eigenvalue weighted by atomic mass is 16.3. The Balaban J connectivity index is 2.09. The summed E-state index contributed by atoms with van der Waals surface area (Å²) in [5.74, 6) is 0.348. The SMILES string of the molecule is Oc1cc2c3ccccc3ccc2c2ccc3ccccc3c12. The molecule has 0 aliphatic rings. The van der Waals surface area contributed by atoms with Gasteiger partial charge in [-0.3, -0.25) is 0 Å². The number of phenols is 1. The van der Waals surface area contributed by atoms with Crippen molar-refractivity contribution in [2.24, 2.45) is 0 Å². The molecular weight excluding hydrogens is 280 g/mol. The van der Waals surface area contributed by atoms with Gasteiger partial charge in [0.15, 0.2) is 0 Å².